The van der Waals surface area contributed by atoms with E-state index in [1.165, 1.54) is 17.4 Å². The first-order chi connectivity index (χ1) is 9.68. The largest absolute Gasteiger partial charge is 0.416 e. The topological polar surface area (TPSA) is 17.1 Å². The monoisotopic (exact) mass is 332 g/mol. The van der Waals surface area contributed by atoms with Crippen LogP contribution in [-0.2, 0) is 6.18 Å². The van der Waals surface area contributed by atoms with Gasteiger partial charge in [0.1, 0.15) is 0 Å². The van der Waals surface area contributed by atoms with E-state index in [1.54, 1.807) is 26.0 Å². The Kier molecular flexibility index (Phi) is 4.44. The molecule has 0 bridgehead atoms. The molecule has 0 atom stereocenters. The van der Waals surface area contributed by atoms with Gasteiger partial charge < -0.3 is 0 Å². The fourth-order valence-corrected chi connectivity index (χ4v) is 3.12. The summed E-state index contributed by atoms with van der Waals surface area (Å²) in [7, 11) is 0. The molecular formula is C15H12ClF3OS. The number of ketones is 1. The van der Waals surface area contributed by atoms with Crippen LogP contribution in [-0.4, -0.2) is 5.78 Å². The maximum atomic E-state index is 12.8. The van der Waals surface area contributed by atoms with Crippen molar-refractivity contribution in [3.63, 3.8) is 0 Å². The number of carbonyl (C=O) groups excluding carboxylic acids is 1. The minimum atomic E-state index is -4.45. The zero-order valence-electron chi connectivity index (χ0n) is 11.3. The van der Waals surface area contributed by atoms with Crippen LogP contribution in [0.1, 0.15) is 29.1 Å². The van der Waals surface area contributed by atoms with Crippen LogP contribution in [0.2, 0.25) is 5.02 Å². The molecule has 1 nitrogen and oxygen atoms in total. The molecule has 0 N–H and O–H groups in total. The highest BCUT2D eigenvalue weighted by atomic mass is 35.5. The van der Waals surface area contributed by atoms with Gasteiger partial charge >= 0.3 is 6.18 Å². The van der Waals surface area contributed by atoms with Crippen molar-refractivity contribution in [3.8, 4) is 10.4 Å². The van der Waals surface area contributed by atoms with Gasteiger partial charge in [-0.05, 0) is 35.9 Å². The minimum absolute atomic E-state index is 0.0185. The normalized spacial score (nSPS) is 12.0. The number of hydrogen-bond acceptors (Lipinski definition) is 2. The molecule has 0 spiro atoms. The van der Waals surface area contributed by atoms with Crippen molar-refractivity contribution < 1.29 is 18.0 Å². The first kappa shape index (κ1) is 16.0. The molecule has 1 heterocycles. The van der Waals surface area contributed by atoms with E-state index in [4.69, 9.17) is 11.6 Å². The van der Waals surface area contributed by atoms with Gasteiger partial charge in [0.15, 0.2) is 5.78 Å². The van der Waals surface area contributed by atoms with Gasteiger partial charge in [0.25, 0.3) is 0 Å². The van der Waals surface area contributed by atoms with E-state index in [-0.39, 0.29) is 16.7 Å². The van der Waals surface area contributed by atoms with Gasteiger partial charge in [0, 0.05) is 15.8 Å². The Morgan fingerprint density at radius 2 is 1.86 bits per heavy atom. The number of rotatable bonds is 3. The van der Waals surface area contributed by atoms with Crippen molar-refractivity contribution in [2.45, 2.75) is 20.0 Å². The van der Waals surface area contributed by atoms with Gasteiger partial charge in [0.2, 0.25) is 0 Å². The zero-order valence-corrected chi connectivity index (χ0v) is 12.9. The van der Waals surface area contributed by atoms with Gasteiger partial charge in [-0.2, -0.15) is 13.2 Å². The molecule has 2 aromatic rings. The van der Waals surface area contributed by atoms with Crippen molar-refractivity contribution in [2.24, 2.45) is 5.92 Å². The minimum Gasteiger partial charge on any atom is -0.293 e. The second-order valence-corrected chi connectivity index (χ2v) is 6.43. The average molecular weight is 333 g/mol. The summed E-state index contributed by atoms with van der Waals surface area (Å²) in [5, 5.41) is 0.0185. The Bertz CT molecular complexity index is 674. The molecule has 0 saturated heterocycles. The van der Waals surface area contributed by atoms with E-state index in [9.17, 15) is 18.0 Å². The van der Waals surface area contributed by atoms with Gasteiger partial charge in [0.05, 0.1) is 10.4 Å². The third-order valence-electron chi connectivity index (χ3n) is 2.88. The van der Waals surface area contributed by atoms with E-state index < -0.39 is 11.7 Å². The van der Waals surface area contributed by atoms with Crippen molar-refractivity contribution in [1.82, 2.24) is 0 Å². The van der Waals surface area contributed by atoms with Crippen LogP contribution in [0.15, 0.2) is 30.3 Å². The van der Waals surface area contributed by atoms with Crippen LogP contribution in [0.25, 0.3) is 10.4 Å². The maximum Gasteiger partial charge on any atom is 0.416 e. The second kappa shape index (κ2) is 5.81. The van der Waals surface area contributed by atoms with Gasteiger partial charge in [-0.25, -0.2) is 0 Å². The lowest BCUT2D eigenvalue weighted by Crippen LogP contribution is -2.05. The summed E-state index contributed by atoms with van der Waals surface area (Å²) >= 11 is 6.94. The molecule has 0 saturated carbocycles. The Morgan fingerprint density at radius 1 is 1.19 bits per heavy atom. The molecule has 1 aromatic heterocycles. The SMILES string of the molecule is CC(C)C(=O)c1ccc(-c2cc(Cl)cc(C(F)(F)F)c2)s1. The molecule has 0 aliphatic heterocycles. The fraction of sp³-hybridized carbons (Fsp3) is 0.267. The zero-order chi connectivity index (χ0) is 15.8. The van der Waals surface area contributed by atoms with Crippen LogP contribution in [0.4, 0.5) is 13.2 Å². The molecule has 0 aliphatic rings. The van der Waals surface area contributed by atoms with E-state index in [1.807, 2.05) is 0 Å². The third kappa shape index (κ3) is 3.66. The lowest BCUT2D eigenvalue weighted by atomic mass is 10.1. The number of thiophene rings is 1. The number of alkyl halides is 3. The second-order valence-electron chi connectivity index (χ2n) is 4.91. The van der Waals surface area contributed by atoms with Gasteiger partial charge in [-0.15, -0.1) is 11.3 Å². The molecule has 21 heavy (non-hydrogen) atoms. The van der Waals surface area contributed by atoms with Gasteiger partial charge in [-0.3, -0.25) is 4.79 Å². The van der Waals surface area contributed by atoms with E-state index in [0.29, 0.717) is 15.3 Å². The molecule has 0 amide bonds. The average Bonchev–Trinajstić information content (AvgIpc) is 2.85. The summed E-state index contributed by atoms with van der Waals surface area (Å²) in [5.41, 5.74) is -0.433. The lowest BCUT2D eigenvalue weighted by Gasteiger charge is -2.09. The standard InChI is InChI=1S/C15H12ClF3OS/c1-8(2)14(20)13-4-3-12(21-13)9-5-10(15(17,18)19)7-11(16)6-9/h3-8H,1-2H3. The van der Waals surface area contributed by atoms with Crippen LogP contribution < -0.4 is 0 Å². The molecule has 0 radical (unpaired) electrons. The summed E-state index contributed by atoms with van der Waals surface area (Å²) in [6.45, 7) is 3.56. The predicted octanol–water partition coefficient (Wildman–Crippen LogP) is 5.93. The number of benzene rings is 1. The molecule has 0 aliphatic carbocycles. The highest BCUT2D eigenvalue weighted by Gasteiger charge is 2.31. The number of carbonyl (C=O) groups is 1. The molecule has 0 unspecified atom stereocenters. The molecule has 1 aromatic carbocycles. The highest BCUT2D eigenvalue weighted by molar-refractivity contribution is 7.17. The molecule has 0 fully saturated rings. The maximum absolute atomic E-state index is 12.8. The quantitative estimate of drug-likeness (QED) is 0.637. The van der Waals surface area contributed by atoms with E-state index in [0.717, 1.165) is 12.1 Å². The van der Waals surface area contributed by atoms with Crippen LogP contribution in [0, 0.1) is 5.92 Å². The summed E-state index contributed by atoms with van der Waals surface area (Å²) in [6.07, 6.45) is -4.45. The van der Waals surface area contributed by atoms with E-state index in [2.05, 4.69) is 0 Å². The Morgan fingerprint density at radius 3 is 2.43 bits per heavy atom. The summed E-state index contributed by atoms with van der Waals surface area (Å²) in [5.74, 6) is -0.175. The first-order valence-corrected chi connectivity index (χ1v) is 7.40. The molecule has 112 valence electrons. The third-order valence-corrected chi connectivity index (χ3v) is 4.25. The first-order valence-electron chi connectivity index (χ1n) is 6.20. The van der Waals surface area contributed by atoms with Gasteiger partial charge in [-0.1, -0.05) is 25.4 Å². The van der Waals surface area contributed by atoms with Crippen molar-refractivity contribution >= 4 is 28.7 Å². The number of Topliss-reactive ketones (excluding diaryl/α,β-unsaturated/α-hetero) is 1. The van der Waals surface area contributed by atoms with E-state index >= 15 is 0 Å². The Balaban J connectivity index is 2.43. The summed E-state index contributed by atoms with van der Waals surface area (Å²) in [4.78, 5) is 13.0. The highest BCUT2D eigenvalue weighted by Crippen LogP contribution is 2.37. The van der Waals surface area contributed by atoms with Crippen LogP contribution in [0.5, 0.6) is 0 Å². The molecule has 2 rings (SSSR count). The lowest BCUT2D eigenvalue weighted by molar-refractivity contribution is -0.137. The summed E-state index contributed by atoms with van der Waals surface area (Å²) in [6, 6.07) is 6.68. The number of hydrogen-bond donors (Lipinski definition) is 0. The Hall–Kier alpha value is -1.33. The fourth-order valence-electron chi connectivity index (χ4n) is 1.81. The predicted molar refractivity (Wildman–Crippen MR) is 78.9 cm³/mol. The van der Waals surface area contributed by atoms with Crippen molar-refractivity contribution in [3.05, 3.63) is 45.8 Å². The van der Waals surface area contributed by atoms with Crippen LogP contribution >= 0.6 is 22.9 Å². The summed E-state index contributed by atoms with van der Waals surface area (Å²) < 4.78 is 38.4. The number of halogens is 4. The molecule has 6 heteroatoms. The van der Waals surface area contributed by atoms with Crippen molar-refractivity contribution in [1.29, 1.82) is 0 Å². The molecular weight excluding hydrogens is 321 g/mol. The Labute approximate surface area is 129 Å². The van der Waals surface area contributed by atoms with Crippen molar-refractivity contribution in [2.75, 3.05) is 0 Å². The van der Waals surface area contributed by atoms with Crippen LogP contribution in [0.3, 0.4) is 0 Å². The smallest absolute Gasteiger partial charge is 0.293 e.